The second-order valence-electron chi connectivity index (χ2n) is 9.29. The number of nitrogens with one attached hydrogen (secondary N) is 1. The van der Waals surface area contributed by atoms with Crippen molar-refractivity contribution in [3.63, 3.8) is 0 Å². The van der Waals surface area contributed by atoms with Gasteiger partial charge in [-0.1, -0.05) is 23.7 Å². The quantitative estimate of drug-likeness (QED) is 0.359. The molecule has 1 aliphatic rings. The lowest BCUT2D eigenvalue weighted by molar-refractivity contribution is -0.137. The van der Waals surface area contributed by atoms with Crippen molar-refractivity contribution in [2.45, 2.75) is 36.7 Å². The minimum Gasteiger partial charge on any atom is -0.484 e. The highest BCUT2D eigenvalue weighted by molar-refractivity contribution is 7.92. The average Bonchev–Trinajstić information content (AvgIpc) is 2.85. The maximum Gasteiger partial charge on any atom is 0.416 e. The lowest BCUT2D eigenvalue weighted by Gasteiger charge is -2.36. The fourth-order valence-electron chi connectivity index (χ4n) is 3.91. The topological polar surface area (TPSA) is 75.7 Å². The molecule has 3 aromatic rings. The Bertz CT molecular complexity index is 1520. The number of ether oxygens (including phenoxy) is 1. The first-order chi connectivity index (χ1) is 18.1. The first kappa shape index (κ1) is 28.6. The van der Waals surface area contributed by atoms with E-state index in [0.29, 0.717) is 17.2 Å². The minimum absolute atomic E-state index is 0.0151. The number of rotatable bonds is 6. The zero-order valence-corrected chi connectivity index (χ0v) is 22.1. The molecule has 13 heteroatoms. The number of nitrogens with zero attached hydrogens (tertiary/aromatic N) is 1. The molecule has 6 nitrogen and oxygen atoms in total. The van der Waals surface area contributed by atoms with Gasteiger partial charge in [-0.05, 0) is 67.9 Å². The van der Waals surface area contributed by atoms with Gasteiger partial charge in [0.25, 0.3) is 15.9 Å². The van der Waals surface area contributed by atoms with Crippen LogP contribution in [0.5, 0.6) is 5.75 Å². The van der Waals surface area contributed by atoms with E-state index in [0.717, 1.165) is 42.4 Å². The van der Waals surface area contributed by atoms with Gasteiger partial charge in [-0.3, -0.25) is 9.10 Å². The highest BCUT2D eigenvalue weighted by Gasteiger charge is 2.38. The number of benzene rings is 3. The molecular formula is C26H22ClF5N2O4S. The van der Waals surface area contributed by atoms with E-state index in [4.69, 9.17) is 16.3 Å². The highest BCUT2D eigenvalue weighted by atomic mass is 35.5. The Balaban J connectivity index is 1.79. The molecule has 0 aliphatic carbocycles. The molecular weight excluding hydrogens is 567 g/mol. The Morgan fingerprint density at radius 1 is 1.08 bits per heavy atom. The molecule has 0 radical (unpaired) electrons. The van der Waals surface area contributed by atoms with E-state index < -0.39 is 56.7 Å². The van der Waals surface area contributed by atoms with E-state index in [1.807, 2.05) is 0 Å². The molecule has 3 aromatic carbocycles. The van der Waals surface area contributed by atoms with Gasteiger partial charge in [0, 0.05) is 5.56 Å². The molecule has 0 unspecified atom stereocenters. The molecule has 1 amide bonds. The summed E-state index contributed by atoms with van der Waals surface area (Å²) < 4.78 is 102. The molecule has 0 fully saturated rings. The van der Waals surface area contributed by atoms with Crippen LogP contribution in [0, 0.1) is 5.82 Å². The van der Waals surface area contributed by atoms with Crippen molar-refractivity contribution in [2.24, 2.45) is 0 Å². The fraction of sp³-hybridized carbons (Fsp3) is 0.269. The number of anilines is 1. The second-order valence-corrected chi connectivity index (χ2v) is 11.6. The van der Waals surface area contributed by atoms with Gasteiger partial charge in [0.1, 0.15) is 17.7 Å². The van der Waals surface area contributed by atoms with Gasteiger partial charge in [-0.2, -0.15) is 13.2 Å². The van der Waals surface area contributed by atoms with Crippen molar-refractivity contribution in [1.82, 2.24) is 5.32 Å². The molecule has 1 N–H and O–H groups in total. The molecule has 0 spiro atoms. The Morgan fingerprint density at radius 3 is 2.44 bits per heavy atom. The van der Waals surface area contributed by atoms with Crippen LogP contribution in [-0.4, -0.2) is 39.2 Å². The molecule has 0 saturated carbocycles. The molecule has 0 aromatic heterocycles. The van der Waals surface area contributed by atoms with E-state index in [-0.39, 0.29) is 23.0 Å². The third kappa shape index (κ3) is 6.11. The Hall–Kier alpha value is -3.38. The lowest BCUT2D eigenvalue weighted by atomic mass is 10.0. The van der Waals surface area contributed by atoms with E-state index in [2.05, 4.69) is 5.32 Å². The van der Waals surface area contributed by atoms with Crippen molar-refractivity contribution in [3.05, 3.63) is 77.1 Å². The number of alkyl halides is 4. The number of halogens is 6. The zero-order chi connectivity index (χ0) is 28.8. The van der Waals surface area contributed by atoms with Crippen LogP contribution in [0.4, 0.5) is 27.6 Å². The second kappa shape index (κ2) is 10.3. The van der Waals surface area contributed by atoms with Gasteiger partial charge in [-0.25, -0.2) is 17.2 Å². The van der Waals surface area contributed by atoms with Crippen LogP contribution < -0.4 is 14.4 Å². The summed E-state index contributed by atoms with van der Waals surface area (Å²) in [5, 5.41) is 2.40. The van der Waals surface area contributed by atoms with Crippen LogP contribution in [0.25, 0.3) is 11.1 Å². The summed E-state index contributed by atoms with van der Waals surface area (Å²) in [6, 6.07) is 11.3. The number of amides is 1. The van der Waals surface area contributed by atoms with Gasteiger partial charge < -0.3 is 10.1 Å². The van der Waals surface area contributed by atoms with E-state index in [1.54, 1.807) is 6.07 Å². The van der Waals surface area contributed by atoms with Gasteiger partial charge in [-0.15, -0.1) is 0 Å². The predicted molar refractivity (Wildman–Crippen MR) is 135 cm³/mol. The number of carbonyl (C=O) groups excluding carboxylic acids is 1. The normalized spacial score (nSPS) is 15.9. The lowest BCUT2D eigenvalue weighted by Crippen LogP contribution is -2.50. The summed E-state index contributed by atoms with van der Waals surface area (Å²) >= 11 is 6.18. The number of carbonyl (C=O) groups is 1. The standard InChI is InChI=1S/C26H22ClF5N2O4S/c1-25(2,29)24(35)33-13-18-14-34(39(36,37)19-5-3-4-16(11-19)26(30,31)32)22-10-15(6-9-23(22)38-18)20-8-7-17(28)12-21(20)27/h3-12,18H,13-14H2,1-2H3,(H,33,35)/t18-/m0/s1. The van der Waals surface area contributed by atoms with Crippen LogP contribution in [0.1, 0.15) is 19.4 Å². The van der Waals surface area contributed by atoms with E-state index in [1.165, 1.54) is 24.3 Å². The van der Waals surface area contributed by atoms with Crippen LogP contribution in [0.3, 0.4) is 0 Å². The first-order valence-corrected chi connectivity index (χ1v) is 13.3. The van der Waals surface area contributed by atoms with Gasteiger partial charge >= 0.3 is 6.18 Å². The third-order valence-electron chi connectivity index (χ3n) is 5.91. The van der Waals surface area contributed by atoms with Crippen molar-refractivity contribution in [3.8, 4) is 16.9 Å². The SMILES string of the molecule is CC(C)(F)C(=O)NC[C@H]1CN(S(=O)(=O)c2cccc(C(F)(F)F)c2)c2cc(-c3ccc(F)cc3Cl)ccc2O1. The predicted octanol–water partition coefficient (Wildman–Crippen LogP) is 5.99. The Labute approximate surface area is 226 Å². The van der Waals surface area contributed by atoms with Crippen LogP contribution in [0.15, 0.2) is 65.6 Å². The monoisotopic (exact) mass is 588 g/mol. The number of hydrogen-bond donors (Lipinski definition) is 1. The minimum atomic E-state index is -4.78. The molecule has 1 atom stereocenters. The molecule has 208 valence electrons. The zero-order valence-electron chi connectivity index (χ0n) is 20.5. The Kier molecular flexibility index (Phi) is 7.56. The summed E-state index contributed by atoms with van der Waals surface area (Å²) in [6.45, 7) is 1.39. The van der Waals surface area contributed by atoms with Crippen molar-refractivity contribution in [1.29, 1.82) is 0 Å². The Morgan fingerprint density at radius 2 is 1.79 bits per heavy atom. The number of fused-ring (bicyclic) bond motifs is 1. The third-order valence-corrected chi connectivity index (χ3v) is 8.00. The summed E-state index contributed by atoms with van der Waals surface area (Å²) in [5.74, 6) is -1.50. The number of hydrogen-bond acceptors (Lipinski definition) is 4. The van der Waals surface area contributed by atoms with Gasteiger partial charge in [0.2, 0.25) is 0 Å². The van der Waals surface area contributed by atoms with Crippen LogP contribution >= 0.6 is 11.6 Å². The maximum atomic E-state index is 14.0. The fourth-order valence-corrected chi connectivity index (χ4v) is 5.74. The van der Waals surface area contributed by atoms with Gasteiger partial charge in [0.05, 0.1) is 34.3 Å². The van der Waals surface area contributed by atoms with Crippen molar-refractivity contribution < 1.29 is 39.9 Å². The van der Waals surface area contributed by atoms with Crippen LogP contribution in [-0.2, 0) is 21.0 Å². The van der Waals surface area contributed by atoms with Gasteiger partial charge in [0.15, 0.2) is 5.67 Å². The molecule has 1 aliphatic heterocycles. The molecule has 4 rings (SSSR count). The first-order valence-electron chi connectivity index (χ1n) is 11.5. The molecule has 39 heavy (non-hydrogen) atoms. The molecule has 1 heterocycles. The molecule has 0 saturated heterocycles. The smallest absolute Gasteiger partial charge is 0.416 e. The summed E-state index contributed by atoms with van der Waals surface area (Å²) in [5.41, 5.74) is -2.62. The summed E-state index contributed by atoms with van der Waals surface area (Å²) in [6.07, 6.45) is -5.79. The van der Waals surface area contributed by atoms with Crippen molar-refractivity contribution in [2.75, 3.05) is 17.4 Å². The van der Waals surface area contributed by atoms with E-state index >= 15 is 0 Å². The number of sulfonamides is 1. The maximum absolute atomic E-state index is 14.0. The summed E-state index contributed by atoms with van der Waals surface area (Å²) in [7, 11) is -4.60. The largest absolute Gasteiger partial charge is 0.484 e. The average molecular weight is 589 g/mol. The van der Waals surface area contributed by atoms with Crippen molar-refractivity contribution >= 4 is 33.2 Å². The highest BCUT2D eigenvalue weighted by Crippen LogP contribution is 2.41. The van der Waals surface area contributed by atoms with Crippen LogP contribution in [0.2, 0.25) is 5.02 Å². The summed E-state index contributed by atoms with van der Waals surface area (Å²) in [4.78, 5) is 11.4. The van der Waals surface area contributed by atoms with E-state index in [9.17, 15) is 35.2 Å². The molecule has 0 bridgehead atoms.